The monoisotopic (exact) mass is 248 g/mol. The summed E-state index contributed by atoms with van der Waals surface area (Å²) in [6, 6.07) is 8.61. The fourth-order valence-electron chi connectivity index (χ4n) is 2.21. The average molecular weight is 248 g/mol. The third-order valence-electron chi connectivity index (χ3n) is 3.62. The Morgan fingerprint density at radius 2 is 2.18 bits per heavy atom. The molecule has 0 amide bonds. The number of thiocarbonyl (C=S) groups is 1. The van der Waals surface area contributed by atoms with E-state index in [-0.39, 0.29) is 5.41 Å². The average Bonchev–Trinajstić information content (AvgIpc) is 3.07. The topological polar surface area (TPSA) is 29.3 Å². The normalized spacial score (nSPS) is 16.6. The number of rotatable bonds is 5. The number of hydrogen-bond donors (Lipinski definition) is 1. The van der Waals surface area contributed by atoms with Gasteiger partial charge in [-0.25, -0.2) is 0 Å². The van der Waals surface area contributed by atoms with Crippen molar-refractivity contribution in [2.24, 2.45) is 11.1 Å². The second kappa shape index (κ2) is 4.65. The zero-order valence-corrected chi connectivity index (χ0v) is 11.4. The molecule has 0 heterocycles. The van der Waals surface area contributed by atoms with Gasteiger partial charge in [0.15, 0.2) is 0 Å². The van der Waals surface area contributed by atoms with Gasteiger partial charge in [-0.05, 0) is 44.4 Å². The Hall–Kier alpha value is -1.09. The van der Waals surface area contributed by atoms with Crippen molar-refractivity contribution in [2.45, 2.75) is 26.7 Å². The highest BCUT2D eigenvalue weighted by atomic mass is 32.1. The maximum atomic E-state index is 5.85. The van der Waals surface area contributed by atoms with Crippen molar-refractivity contribution in [2.75, 3.05) is 18.0 Å². The summed E-state index contributed by atoms with van der Waals surface area (Å²) in [5, 5.41) is 0. The molecule has 2 nitrogen and oxygen atoms in total. The number of aryl methyl sites for hydroxylation is 1. The molecule has 2 N–H and O–H groups in total. The van der Waals surface area contributed by atoms with Crippen LogP contribution in [0.3, 0.4) is 0 Å². The first-order valence-corrected chi connectivity index (χ1v) is 6.60. The Morgan fingerprint density at radius 3 is 2.65 bits per heavy atom. The zero-order valence-electron chi connectivity index (χ0n) is 10.6. The van der Waals surface area contributed by atoms with Gasteiger partial charge in [-0.1, -0.05) is 24.4 Å². The van der Waals surface area contributed by atoms with E-state index in [0.29, 0.717) is 4.99 Å². The van der Waals surface area contributed by atoms with Gasteiger partial charge in [-0.3, -0.25) is 0 Å². The molecule has 1 aliphatic carbocycles. The van der Waals surface area contributed by atoms with Gasteiger partial charge < -0.3 is 10.6 Å². The van der Waals surface area contributed by atoms with Crippen LogP contribution in [0.4, 0.5) is 5.69 Å². The Labute approximate surface area is 109 Å². The van der Waals surface area contributed by atoms with Crippen molar-refractivity contribution in [1.82, 2.24) is 0 Å². The molecular weight excluding hydrogens is 228 g/mol. The highest BCUT2D eigenvalue weighted by Gasteiger charge is 2.46. The Kier molecular flexibility index (Phi) is 3.38. The van der Waals surface area contributed by atoms with E-state index < -0.39 is 0 Å². The fourth-order valence-corrected chi connectivity index (χ4v) is 2.48. The molecular formula is C14H20N2S. The lowest BCUT2D eigenvalue weighted by Gasteiger charge is -2.28. The highest BCUT2D eigenvalue weighted by Crippen LogP contribution is 2.47. The van der Waals surface area contributed by atoms with Crippen molar-refractivity contribution in [1.29, 1.82) is 0 Å². The van der Waals surface area contributed by atoms with Crippen LogP contribution in [0.15, 0.2) is 24.3 Å². The van der Waals surface area contributed by atoms with Crippen LogP contribution in [-0.2, 0) is 0 Å². The lowest BCUT2D eigenvalue weighted by molar-refractivity contribution is 0.655. The number of nitrogens with two attached hydrogens (primary N) is 1. The molecule has 1 aromatic rings. The standard InChI is InChI=1S/C14H20N2S/c1-3-16(10-14(7-8-14)13(15)17)12-6-4-5-11(2)9-12/h4-6,9H,3,7-8,10H2,1-2H3,(H2,15,17). The van der Waals surface area contributed by atoms with E-state index in [2.05, 4.69) is 43.0 Å². The largest absolute Gasteiger partial charge is 0.393 e. The summed E-state index contributed by atoms with van der Waals surface area (Å²) in [6.45, 7) is 6.26. The Morgan fingerprint density at radius 1 is 1.47 bits per heavy atom. The summed E-state index contributed by atoms with van der Waals surface area (Å²) >= 11 is 5.19. The molecule has 0 spiro atoms. The maximum Gasteiger partial charge on any atom is 0.0807 e. The van der Waals surface area contributed by atoms with E-state index in [1.807, 2.05) is 0 Å². The van der Waals surface area contributed by atoms with Crippen LogP contribution in [0.5, 0.6) is 0 Å². The quantitative estimate of drug-likeness (QED) is 0.812. The van der Waals surface area contributed by atoms with Crippen LogP contribution in [0.2, 0.25) is 0 Å². The maximum absolute atomic E-state index is 5.85. The van der Waals surface area contributed by atoms with Crippen LogP contribution in [0, 0.1) is 12.3 Å². The van der Waals surface area contributed by atoms with E-state index in [1.165, 1.54) is 11.3 Å². The molecule has 17 heavy (non-hydrogen) atoms. The minimum atomic E-state index is 0.106. The third kappa shape index (κ3) is 2.60. The summed E-state index contributed by atoms with van der Waals surface area (Å²) in [5.41, 5.74) is 8.52. The van der Waals surface area contributed by atoms with Crippen molar-refractivity contribution < 1.29 is 0 Å². The van der Waals surface area contributed by atoms with E-state index in [0.717, 1.165) is 25.9 Å². The summed E-state index contributed by atoms with van der Waals surface area (Å²) in [5.74, 6) is 0. The molecule has 1 aliphatic rings. The predicted octanol–water partition coefficient (Wildman–Crippen LogP) is 2.89. The number of benzene rings is 1. The van der Waals surface area contributed by atoms with Crippen LogP contribution in [0.25, 0.3) is 0 Å². The van der Waals surface area contributed by atoms with Gasteiger partial charge in [0.05, 0.1) is 4.99 Å². The number of hydrogen-bond acceptors (Lipinski definition) is 2. The second-order valence-corrected chi connectivity index (χ2v) is 5.44. The lowest BCUT2D eigenvalue weighted by atomic mass is 10.1. The zero-order chi connectivity index (χ0) is 12.5. The molecule has 0 aromatic heterocycles. The minimum Gasteiger partial charge on any atom is -0.393 e. The van der Waals surface area contributed by atoms with Crippen molar-refractivity contribution in [3.63, 3.8) is 0 Å². The lowest BCUT2D eigenvalue weighted by Crippen LogP contribution is -2.37. The second-order valence-electron chi connectivity index (χ2n) is 5.00. The summed E-state index contributed by atoms with van der Waals surface area (Å²) in [7, 11) is 0. The van der Waals surface area contributed by atoms with E-state index >= 15 is 0 Å². The van der Waals surface area contributed by atoms with Gasteiger partial charge in [0, 0.05) is 24.2 Å². The Balaban J connectivity index is 2.15. The van der Waals surface area contributed by atoms with Crippen molar-refractivity contribution in [3.05, 3.63) is 29.8 Å². The van der Waals surface area contributed by atoms with Gasteiger partial charge in [-0.2, -0.15) is 0 Å². The highest BCUT2D eigenvalue weighted by molar-refractivity contribution is 7.80. The van der Waals surface area contributed by atoms with Gasteiger partial charge >= 0.3 is 0 Å². The fraction of sp³-hybridized carbons (Fsp3) is 0.500. The molecule has 0 unspecified atom stereocenters. The Bertz CT molecular complexity index is 424. The van der Waals surface area contributed by atoms with Crippen LogP contribution in [0.1, 0.15) is 25.3 Å². The van der Waals surface area contributed by atoms with Crippen LogP contribution >= 0.6 is 12.2 Å². The molecule has 0 saturated heterocycles. The molecule has 0 aliphatic heterocycles. The summed E-state index contributed by atoms with van der Waals surface area (Å²) in [4.78, 5) is 3.06. The van der Waals surface area contributed by atoms with Crippen LogP contribution in [-0.4, -0.2) is 18.1 Å². The molecule has 1 saturated carbocycles. The minimum absolute atomic E-state index is 0.106. The molecule has 92 valence electrons. The SMILES string of the molecule is CCN(CC1(C(N)=S)CC1)c1cccc(C)c1. The third-order valence-corrected chi connectivity index (χ3v) is 4.05. The first-order valence-electron chi connectivity index (χ1n) is 6.19. The van der Waals surface area contributed by atoms with E-state index in [4.69, 9.17) is 18.0 Å². The molecule has 1 aromatic carbocycles. The molecule has 3 heteroatoms. The summed E-state index contributed by atoms with van der Waals surface area (Å²) < 4.78 is 0. The first kappa shape index (κ1) is 12.4. The van der Waals surface area contributed by atoms with E-state index in [1.54, 1.807) is 0 Å². The van der Waals surface area contributed by atoms with Gasteiger partial charge in [0.2, 0.25) is 0 Å². The van der Waals surface area contributed by atoms with E-state index in [9.17, 15) is 0 Å². The smallest absolute Gasteiger partial charge is 0.0807 e. The van der Waals surface area contributed by atoms with Gasteiger partial charge in [-0.15, -0.1) is 0 Å². The number of anilines is 1. The molecule has 0 bridgehead atoms. The van der Waals surface area contributed by atoms with Crippen LogP contribution < -0.4 is 10.6 Å². The molecule has 2 rings (SSSR count). The molecule has 0 atom stereocenters. The summed E-state index contributed by atoms with van der Waals surface area (Å²) in [6.07, 6.45) is 2.29. The molecule has 0 radical (unpaired) electrons. The van der Waals surface area contributed by atoms with Gasteiger partial charge in [0.25, 0.3) is 0 Å². The van der Waals surface area contributed by atoms with Crippen molar-refractivity contribution in [3.8, 4) is 0 Å². The van der Waals surface area contributed by atoms with Gasteiger partial charge in [0.1, 0.15) is 0 Å². The first-order chi connectivity index (χ1) is 8.07. The molecule has 1 fully saturated rings. The number of nitrogens with zero attached hydrogens (tertiary/aromatic N) is 1. The predicted molar refractivity (Wildman–Crippen MR) is 77.5 cm³/mol. The van der Waals surface area contributed by atoms with Crippen molar-refractivity contribution >= 4 is 22.9 Å².